The minimum absolute atomic E-state index is 0.112. The molecule has 0 aromatic carbocycles. The van der Waals surface area contributed by atoms with Crippen LogP contribution in [0, 0.1) is 0 Å². The molecule has 0 aliphatic heterocycles. The second-order valence-electron chi connectivity index (χ2n) is 2.39. The molecule has 1 aliphatic rings. The van der Waals surface area contributed by atoms with Crippen molar-refractivity contribution in [2.24, 2.45) is 0 Å². The average molecular weight is 136 g/mol. The molecule has 10 heavy (non-hydrogen) atoms. The number of aromatic amines is 2. The third-order valence-electron chi connectivity index (χ3n) is 1.65. The van der Waals surface area contributed by atoms with Gasteiger partial charge in [0.1, 0.15) is 0 Å². The van der Waals surface area contributed by atoms with Crippen molar-refractivity contribution in [3.05, 3.63) is 21.2 Å². The fourth-order valence-corrected chi connectivity index (χ4v) is 1.19. The van der Waals surface area contributed by atoms with Gasteiger partial charge >= 0.3 is 5.69 Å². The SMILES string of the molecule is O=c1[nH]c2c([nH]1)=CCCC=2. The molecule has 0 radical (unpaired) electrons. The molecule has 0 unspecified atom stereocenters. The first-order valence-corrected chi connectivity index (χ1v) is 3.35. The highest BCUT2D eigenvalue weighted by atomic mass is 16.1. The molecule has 0 saturated carbocycles. The van der Waals surface area contributed by atoms with Gasteiger partial charge in [-0.15, -0.1) is 0 Å². The van der Waals surface area contributed by atoms with Crippen LogP contribution >= 0.6 is 0 Å². The largest absolute Gasteiger partial charge is 0.323 e. The summed E-state index contributed by atoms with van der Waals surface area (Å²) in [6.07, 6.45) is 6.13. The molecule has 3 heteroatoms. The van der Waals surface area contributed by atoms with E-state index in [-0.39, 0.29) is 5.69 Å². The summed E-state index contributed by atoms with van der Waals surface area (Å²) in [5.41, 5.74) is -0.112. The smallest absolute Gasteiger partial charge is 0.306 e. The van der Waals surface area contributed by atoms with Crippen molar-refractivity contribution < 1.29 is 0 Å². The lowest BCUT2D eigenvalue weighted by molar-refractivity contribution is 1.09. The summed E-state index contributed by atoms with van der Waals surface area (Å²) in [7, 11) is 0. The standard InChI is InChI=1S/C7H8N2O/c10-7-8-5-3-1-2-4-6(5)9-7/h3-4H,1-2H2,(H2,8,9,10). The minimum Gasteiger partial charge on any atom is -0.306 e. The summed E-state index contributed by atoms with van der Waals surface area (Å²) in [6.45, 7) is 0. The number of rotatable bonds is 0. The molecule has 1 aromatic rings. The quantitative estimate of drug-likeness (QED) is 0.475. The van der Waals surface area contributed by atoms with Crippen LogP contribution in [-0.2, 0) is 0 Å². The summed E-state index contributed by atoms with van der Waals surface area (Å²) < 4.78 is 0. The van der Waals surface area contributed by atoms with Crippen molar-refractivity contribution >= 4 is 12.2 Å². The van der Waals surface area contributed by atoms with E-state index in [1.165, 1.54) is 0 Å². The van der Waals surface area contributed by atoms with Gasteiger partial charge in [0.25, 0.3) is 0 Å². The van der Waals surface area contributed by atoms with E-state index < -0.39 is 0 Å². The third kappa shape index (κ3) is 0.708. The maximum atomic E-state index is 10.7. The molecule has 1 heterocycles. The molecule has 0 atom stereocenters. The van der Waals surface area contributed by atoms with Crippen LogP contribution in [0.3, 0.4) is 0 Å². The highest BCUT2D eigenvalue weighted by Crippen LogP contribution is 1.91. The highest BCUT2D eigenvalue weighted by molar-refractivity contribution is 5.32. The summed E-state index contributed by atoms with van der Waals surface area (Å²) in [5, 5.41) is 1.88. The Bertz CT molecular complexity index is 359. The lowest BCUT2D eigenvalue weighted by atomic mass is 10.2. The molecule has 2 N–H and O–H groups in total. The van der Waals surface area contributed by atoms with Gasteiger partial charge in [0.15, 0.2) is 0 Å². The van der Waals surface area contributed by atoms with Crippen LogP contribution in [0.15, 0.2) is 4.79 Å². The van der Waals surface area contributed by atoms with Gasteiger partial charge in [-0.2, -0.15) is 0 Å². The van der Waals surface area contributed by atoms with Crippen molar-refractivity contribution in [2.45, 2.75) is 12.8 Å². The number of hydrogen-bond donors (Lipinski definition) is 2. The molecule has 0 spiro atoms. The van der Waals surface area contributed by atoms with Crippen molar-refractivity contribution in [3.63, 3.8) is 0 Å². The zero-order valence-electron chi connectivity index (χ0n) is 5.48. The topological polar surface area (TPSA) is 48.6 Å². The summed E-state index contributed by atoms with van der Waals surface area (Å²) in [5.74, 6) is 0. The summed E-state index contributed by atoms with van der Waals surface area (Å²) in [6, 6.07) is 0. The summed E-state index contributed by atoms with van der Waals surface area (Å²) in [4.78, 5) is 16.1. The Morgan fingerprint density at radius 3 is 2.10 bits per heavy atom. The van der Waals surface area contributed by atoms with E-state index in [1.54, 1.807) is 0 Å². The van der Waals surface area contributed by atoms with Crippen LogP contribution in [0.2, 0.25) is 0 Å². The van der Waals surface area contributed by atoms with Gasteiger partial charge in [0.2, 0.25) is 0 Å². The molecule has 1 aliphatic carbocycles. The molecular formula is C7H8N2O. The predicted octanol–water partition coefficient (Wildman–Crippen LogP) is -0.942. The number of aromatic nitrogens is 2. The van der Waals surface area contributed by atoms with Crippen LogP contribution < -0.4 is 16.4 Å². The Kier molecular flexibility index (Phi) is 1.03. The zero-order chi connectivity index (χ0) is 6.97. The first kappa shape index (κ1) is 5.53. The van der Waals surface area contributed by atoms with E-state index in [0.29, 0.717) is 0 Å². The second kappa shape index (κ2) is 1.87. The lowest BCUT2D eigenvalue weighted by Crippen LogP contribution is -2.26. The molecule has 1 aromatic heterocycles. The molecule has 0 bridgehead atoms. The monoisotopic (exact) mass is 136 g/mol. The second-order valence-corrected chi connectivity index (χ2v) is 2.39. The fourth-order valence-electron chi connectivity index (χ4n) is 1.19. The average Bonchev–Trinajstić information content (AvgIpc) is 2.27. The van der Waals surface area contributed by atoms with Gasteiger partial charge in [0.05, 0.1) is 10.7 Å². The van der Waals surface area contributed by atoms with Crippen LogP contribution in [0.4, 0.5) is 0 Å². The van der Waals surface area contributed by atoms with Crippen molar-refractivity contribution in [1.29, 1.82) is 0 Å². The van der Waals surface area contributed by atoms with E-state index in [2.05, 4.69) is 9.97 Å². The highest BCUT2D eigenvalue weighted by Gasteiger charge is 1.94. The van der Waals surface area contributed by atoms with Crippen molar-refractivity contribution in [2.75, 3.05) is 0 Å². The molecule has 52 valence electrons. The lowest BCUT2D eigenvalue weighted by Gasteiger charge is -1.90. The normalized spacial score (nSPS) is 15.2. The molecule has 0 saturated heterocycles. The number of imidazole rings is 1. The van der Waals surface area contributed by atoms with Crippen molar-refractivity contribution in [1.82, 2.24) is 9.97 Å². The predicted molar refractivity (Wildman–Crippen MR) is 38.8 cm³/mol. The van der Waals surface area contributed by atoms with E-state index in [1.807, 2.05) is 12.2 Å². The van der Waals surface area contributed by atoms with Crippen molar-refractivity contribution in [3.8, 4) is 0 Å². The first-order valence-electron chi connectivity index (χ1n) is 3.35. The number of fused-ring (bicyclic) bond motifs is 1. The molecule has 3 nitrogen and oxygen atoms in total. The van der Waals surface area contributed by atoms with E-state index in [4.69, 9.17) is 0 Å². The maximum Gasteiger partial charge on any atom is 0.323 e. The van der Waals surface area contributed by atoms with Gasteiger partial charge in [-0.3, -0.25) is 0 Å². The van der Waals surface area contributed by atoms with Gasteiger partial charge in [-0.05, 0) is 12.8 Å². The zero-order valence-corrected chi connectivity index (χ0v) is 5.48. The van der Waals surface area contributed by atoms with Crippen LogP contribution in [0.5, 0.6) is 0 Å². The number of H-pyrrole nitrogens is 2. The Labute approximate surface area is 57.1 Å². The summed E-state index contributed by atoms with van der Waals surface area (Å²) >= 11 is 0. The van der Waals surface area contributed by atoms with E-state index in [0.717, 1.165) is 23.5 Å². The van der Waals surface area contributed by atoms with Gasteiger partial charge in [-0.1, -0.05) is 12.2 Å². The molecular weight excluding hydrogens is 128 g/mol. The Morgan fingerprint density at radius 1 is 1.10 bits per heavy atom. The van der Waals surface area contributed by atoms with Crippen LogP contribution in [0.25, 0.3) is 12.2 Å². The molecule has 2 rings (SSSR count). The fraction of sp³-hybridized carbons (Fsp3) is 0.286. The number of hydrogen-bond acceptors (Lipinski definition) is 1. The van der Waals surface area contributed by atoms with Crippen LogP contribution in [-0.4, -0.2) is 9.97 Å². The minimum atomic E-state index is -0.112. The number of nitrogens with one attached hydrogen (secondary N) is 2. The Morgan fingerprint density at radius 2 is 1.60 bits per heavy atom. The van der Waals surface area contributed by atoms with Gasteiger partial charge in [-0.25, -0.2) is 4.79 Å². The maximum absolute atomic E-state index is 10.7. The van der Waals surface area contributed by atoms with Crippen LogP contribution in [0.1, 0.15) is 12.8 Å². The Balaban J connectivity index is 2.96. The Hall–Kier alpha value is -1.25. The molecule has 0 fully saturated rings. The van der Waals surface area contributed by atoms with Gasteiger partial charge in [0, 0.05) is 0 Å². The van der Waals surface area contributed by atoms with Gasteiger partial charge < -0.3 is 9.97 Å². The molecule has 0 amide bonds. The third-order valence-corrected chi connectivity index (χ3v) is 1.65. The first-order chi connectivity index (χ1) is 4.86. The van der Waals surface area contributed by atoms with E-state index >= 15 is 0 Å². The van der Waals surface area contributed by atoms with E-state index in [9.17, 15) is 4.79 Å².